The van der Waals surface area contributed by atoms with Gasteiger partial charge in [0.15, 0.2) is 12.4 Å². The Kier molecular flexibility index (Phi) is 2.60. The number of fused-ring (bicyclic) bond motifs is 1. The number of hydrogen-bond acceptors (Lipinski definition) is 0. The van der Waals surface area contributed by atoms with Gasteiger partial charge in [-0.3, -0.25) is 0 Å². The zero-order valence-electron chi connectivity index (χ0n) is 10.7. The molecule has 0 atom stereocenters. The first kappa shape index (κ1) is 11.0. The second-order valence-corrected chi connectivity index (χ2v) is 4.73. The molecule has 0 saturated heterocycles. The van der Waals surface area contributed by atoms with Crippen LogP contribution < -0.4 is 4.57 Å². The van der Waals surface area contributed by atoms with Crippen LogP contribution in [0, 0.1) is 6.92 Å². The smallest absolute Gasteiger partial charge is 0.177 e. The monoisotopic (exact) mass is 234 g/mol. The molecule has 3 rings (SSSR count). The maximum Gasteiger partial charge on any atom is 0.177 e. The highest BCUT2D eigenvalue weighted by Gasteiger charge is 2.08. The lowest BCUT2D eigenvalue weighted by atomic mass is 9.96. The van der Waals surface area contributed by atoms with Gasteiger partial charge in [-0.15, -0.1) is 0 Å². The normalized spacial score (nSPS) is 10.8. The van der Waals surface area contributed by atoms with Crippen LogP contribution in [0.1, 0.15) is 5.56 Å². The minimum atomic E-state index is 1.29. The molecule has 0 aliphatic carbocycles. The zero-order valence-corrected chi connectivity index (χ0v) is 10.7. The molecule has 1 heterocycles. The van der Waals surface area contributed by atoms with E-state index in [0.717, 1.165) is 0 Å². The molecule has 0 spiro atoms. The van der Waals surface area contributed by atoms with Crippen LogP contribution in [0.5, 0.6) is 0 Å². The van der Waals surface area contributed by atoms with Crippen LogP contribution in [0.15, 0.2) is 60.9 Å². The van der Waals surface area contributed by atoms with Crippen molar-refractivity contribution in [1.82, 2.24) is 0 Å². The van der Waals surface area contributed by atoms with Crippen molar-refractivity contribution < 1.29 is 4.57 Å². The lowest BCUT2D eigenvalue weighted by molar-refractivity contribution is -0.670. The summed E-state index contributed by atoms with van der Waals surface area (Å²) in [4.78, 5) is 0. The summed E-state index contributed by atoms with van der Waals surface area (Å²) < 4.78 is 2.10. The number of nitrogens with zero attached hydrogens (tertiary/aromatic N) is 1. The van der Waals surface area contributed by atoms with Crippen LogP contribution in [0.4, 0.5) is 0 Å². The molecule has 18 heavy (non-hydrogen) atoms. The molecular weight excluding hydrogens is 218 g/mol. The fourth-order valence-electron chi connectivity index (χ4n) is 2.43. The average molecular weight is 234 g/mol. The Morgan fingerprint density at radius 3 is 2.44 bits per heavy atom. The molecule has 2 aromatic carbocycles. The van der Waals surface area contributed by atoms with Gasteiger partial charge in [-0.05, 0) is 29.0 Å². The van der Waals surface area contributed by atoms with E-state index >= 15 is 0 Å². The molecule has 0 N–H and O–H groups in total. The third kappa shape index (κ3) is 1.78. The van der Waals surface area contributed by atoms with Gasteiger partial charge in [0, 0.05) is 6.07 Å². The van der Waals surface area contributed by atoms with Crippen molar-refractivity contribution in [2.24, 2.45) is 7.05 Å². The highest BCUT2D eigenvalue weighted by molar-refractivity contribution is 5.96. The molecule has 88 valence electrons. The Balaban J connectivity index is 2.36. The predicted molar refractivity (Wildman–Crippen MR) is 75.3 cm³/mol. The Morgan fingerprint density at radius 1 is 0.833 bits per heavy atom. The van der Waals surface area contributed by atoms with Crippen LogP contribution >= 0.6 is 0 Å². The second-order valence-electron chi connectivity index (χ2n) is 4.73. The van der Waals surface area contributed by atoms with Crippen LogP contribution in [0.25, 0.3) is 21.9 Å². The number of aromatic nitrogens is 1. The molecule has 0 aliphatic heterocycles. The molecule has 0 saturated carbocycles. The lowest BCUT2D eigenvalue weighted by Gasteiger charge is -2.08. The summed E-state index contributed by atoms with van der Waals surface area (Å²) in [6.45, 7) is 2.16. The molecule has 1 heteroatoms. The molecular formula is C17H16N+. The first-order chi connectivity index (χ1) is 8.75. The standard InChI is InChI=1S/C17H16N/c1-13-6-3-4-8-15(13)16-9-5-7-14-10-11-18(2)12-17(14)16/h3-12H,1-2H3/q+1. The van der Waals surface area contributed by atoms with E-state index in [-0.39, 0.29) is 0 Å². The quantitative estimate of drug-likeness (QED) is 0.566. The van der Waals surface area contributed by atoms with Crippen LogP contribution in [-0.2, 0) is 7.05 Å². The molecule has 1 nitrogen and oxygen atoms in total. The van der Waals surface area contributed by atoms with Gasteiger partial charge in [-0.25, -0.2) is 4.57 Å². The van der Waals surface area contributed by atoms with Gasteiger partial charge < -0.3 is 0 Å². The van der Waals surface area contributed by atoms with Crippen molar-refractivity contribution in [3.63, 3.8) is 0 Å². The molecule has 0 bridgehead atoms. The number of rotatable bonds is 1. The maximum absolute atomic E-state index is 2.20. The van der Waals surface area contributed by atoms with E-state index in [2.05, 4.69) is 79.5 Å². The maximum atomic E-state index is 2.20. The van der Waals surface area contributed by atoms with Crippen molar-refractivity contribution in [3.8, 4) is 11.1 Å². The van der Waals surface area contributed by atoms with Gasteiger partial charge in [-0.2, -0.15) is 0 Å². The predicted octanol–water partition coefficient (Wildman–Crippen LogP) is 3.64. The average Bonchev–Trinajstić information content (AvgIpc) is 2.39. The van der Waals surface area contributed by atoms with Gasteiger partial charge in [-0.1, -0.05) is 42.5 Å². The molecule has 0 aliphatic rings. The highest BCUT2D eigenvalue weighted by atomic mass is 14.9. The van der Waals surface area contributed by atoms with Crippen LogP contribution in [0.3, 0.4) is 0 Å². The topological polar surface area (TPSA) is 3.88 Å². The van der Waals surface area contributed by atoms with Crippen LogP contribution in [0.2, 0.25) is 0 Å². The van der Waals surface area contributed by atoms with Gasteiger partial charge in [0.2, 0.25) is 0 Å². The van der Waals surface area contributed by atoms with Crippen LogP contribution in [-0.4, -0.2) is 0 Å². The van der Waals surface area contributed by atoms with E-state index in [9.17, 15) is 0 Å². The Bertz CT molecular complexity index is 714. The van der Waals surface area contributed by atoms with E-state index in [1.54, 1.807) is 0 Å². The molecule has 0 radical (unpaired) electrons. The van der Waals surface area contributed by atoms with Crippen molar-refractivity contribution in [2.45, 2.75) is 6.92 Å². The summed E-state index contributed by atoms with van der Waals surface area (Å²) in [5, 5.41) is 2.59. The summed E-state index contributed by atoms with van der Waals surface area (Å²) in [5.74, 6) is 0. The lowest BCUT2D eigenvalue weighted by Crippen LogP contribution is -2.25. The highest BCUT2D eigenvalue weighted by Crippen LogP contribution is 2.29. The van der Waals surface area contributed by atoms with E-state index in [0.29, 0.717) is 0 Å². The first-order valence-electron chi connectivity index (χ1n) is 6.20. The van der Waals surface area contributed by atoms with Gasteiger partial charge in [0.05, 0.1) is 5.39 Å². The largest absolute Gasteiger partial charge is 0.207 e. The SMILES string of the molecule is Cc1ccccc1-c1cccc2cc[n+](C)cc12. The number of hydrogen-bond donors (Lipinski definition) is 0. The Hall–Kier alpha value is -2.15. The van der Waals surface area contributed by atoms with E-state index in [4.69, 9.17) is 0 Å². The van der Waals surface area contributed by atoms with Crippen molar-refractivity contribution in [2.75, 3.05) is 0 Å². The summed E-state index contributed by atoms with van der Waals surface area (Å²) in [6, 6.07) is 17.2. The Morgan fingerprint density at radius 2 is 1.61 bits per heavy atom. The number of aryl methyl sites for hydroxylation is 2. The number of benzene rings is 2. The third-order valence-electron chi connectivity index (χ3n) is 3.40. The van der Waals surface area contributed by atoms with Crippen molar-refractivity contribution in [1.29, 1.82) is 0 Å². The summed E-state index contributed by atoms with van der Waals surface area (Å²) >= 11 is 0. The minimum Gasteiger partial charge on any atom is -0.207 e. The molecule has 0 fully saturated rings. The molecule has 0 unspecified atom stereocenters. The second kappa shape index (κ2) is 4.26. The van der Waals surface area contributed by atoms with E-state index in [1.807, 2.05) is 0 Å². The summed E-state index contributed by atoms with van der Waals surface area (Å²) in [7, 11) is 2.06. The number of pyridine rings is 1. The van der Waals surface area contributed by atoms with Gasteiger partial charge in [0.1, 0.15) is 7.05 Å². The fraction of sp³-hybridized carbons (Fsp3) is 0.118. The Labute approximate surface area is 107 Å². The molecule has 0 amide bonds. The zero-order chi connectivity index (χ0) is 12.5. The van der Waals surface area contributed by atoms with Gasteiger partial charge >= 0.3 is 0 Å². The van der Waals surface area contributed by atoms with Crippen molar-refractivity contribution >= 4 is 10.8 Å². The summed E-state index contributed by atoms with van der Waals surface area (Å²) in [5.41, 5.74) is 3.94. The third-order valence-corrected chi connectivity index (χ3v) is 3.40. The molecule has 1 aromatic heterocycles. The minimum absolute atomic E-state index is 1.29. The first-order valence-corrected chi connectivity index (χ1v) is 6.20. The summed E-state index contributed by atoms with van der Waals surface area (Å²) in [6.07, 6.45) is 4.28. The fourth-order valence-corrected chi connectivity index (χ4v) is 2.43. The van der Waals surface area contributed by atoms with Crippen molar-refractivity contribution in [3.05, 3.63) is 66.5 Å². The van der Waals surface area contributed by atoms with E-state index in [1.165, 1.54) is 27.5 Å². The van der Waals surface area contributed by atoms with Gasteiger partial charge in [0.25, 0.3) is 0 Å². The molecule has 3 aromatic rings. The van der Waals surface area contributed by atoms with E-state index < -0.39 is 0 Å².